The zero-order chi connectivity index (χ0) is 20.3. The third-order valence-electron chi connectivity index (χ3n) is 4.21. The van der Waals surface area contributed by atoms with Crippen LogP contribution in [0.25, 0.3) is 11.0 Å². The van der Waals surface area contributed by atoms with E-state index in [1.165, 1.54) is 0 Å². The summed E-state index contributed by atoms with van der Waals surface area (Å²) in [5, 5.41) is 24.8. The van der Waals surface area contributed by atoms with Gasteiger partial charge in [-0.1, -0.05) is 25.5 Å². The Hall–Kier alpha value is -3.82. The number of aromatic nitrogens is 2. The van der Waals surface area contributed by atoms with Crippen LogP contribution >= 0.6 is 0 Å². The van der Waals surface area contributed by atoms with E-state index >= 15 is 0 Å². The van der Waals surface area contributed by atoms with E-state index in [-0.39, 0.29) is 5.56 Å². The van der Waals surface area contributed by atoms with Gasteiger partial charge in [-0.15, -0.1) is 0 Å². The number of hydrogen-bond acceptors (Lipinski definition) is 6. The lowest BCUT2D eigenvalue weighted by atomic mass is 10.1. The van der Waals surface area contributed by atoms with Crippen LogP contribution in [-0.4, -0.2) is 25.7 Å². The number of para-hydroxylation sites is 2. The van der Waals surface area contributed by atoms with Gasteiger partial charge in [0.05, 0.1) is 38.6 Å². The van der Waals surface area contributed by atoms with E-state index in [1.807, 2.05) is 31.2 Å². The van der Waals surface area contributed by atoms with Crippen molar-refractivity contribution in [3.8, 4) is 0 Å². The maximum Gasteiger partial charge on any atom is 0.277 e. The van der Waals surface area contributed by atoms with Crippen molar-refractivity contribution in [1.29, 1.82) is 0 Å². The monoisotopic (exact) mass is 383 g/mol. The zero-order valence-corrected chi connectivity index (χ0v) is 14.9. The number of nitro benzene ring substituents is 2. The number of hydrogen-bond donors (Lipinski definition) is 2. The summed E-state index contributed by atoms with van der Waals surface area (Å²) in [6, 6.07) is 9.80. The highest BCUT2D eigenvalue weighted by Gasteiger charge is 2.23. The summed E-state index contributed by atoms with van der Waals surface area (Å²) in [6.45, 7) is 1.94. The SMILES string of the molecule is CCC[C@H](NC(=O)c1cc([N+](=O)[O-])cc([N+](=O)[O-])c1)c1nc2ccccc2[nH]1. The number of H-pyrrole nitrogens is 1. The summed E-state index contributed by atoms with van der Waals surface area (Å²) in [5.41, 5.74) is 0.376. The molecule has 0 spiro atoms. The summed E-state index contributed by atoms with van der Waals surface area (Å²) in [7, 11) is 0. The molecule has 3 rings (SSSR count). The summed E-state index contributed by atoms with van der Waals surface area (Å²) in [5.74, 6) is -0.0953. The minimum absolute atomic E-state index is 0.155. The Labute approximate surface area is 158 Å². The zero-order valence-electron chi connectivity index (χ0n) is 14.9. The van der Waals surface area contributed by atoms with E-state index in [4.69, 9.17) is 0 Å². The average molecular weight is 383 g/mol. The van der Waals surface area contributed by atoms with Crippen LogP contribution in [0, 0.1) is 20.2 Å². The molecule has 28 heavy (non-hydrogen) atoms. The molecular formula is C18H17N5O5. The number of benzene rings is 2. The number of non-ortho nitro benzene ring substituents is 2. The average Bonchev–Trinajstić information content (AvgIpc) is 3.11. The largest absolute Gasteiger partial charge is 0.342 e. The van der Waals surface area contributed by atoms with Gasteiger partial charge in [0.2, 0.25) is 0 Å². The maximum atomic E-state index is 12.7. The van der Waals surface area contributed by atoms with E-state index in [9.17, 15) is 25.0 Å². The minimum atomic E-state index is -0.771. The lowest BCUT2D eigenvalue weighted by Gasteiger charge is -2.16. The highest BCUT2D eigenvalue weighted by Crippen LogP contribution is 2.24. The molecule has 1 atom stereocenters. The first kappa shape index (κ1) is 19.0. The van der Waals surface area contributed by atoms with Gasteiger partial charge in [-0.25, -0.2) is 4.98 Å². The van der Waals surface area contributed by atoms with Gasteiger partial charge in [0.25, 0.3) is 17.3 Å². The van der Waals surface area contributed by atoms with Gasteiger partial charge in [0.15, 0.2) is 0 Å². The molecule has 1 aromatic heterocycles. The number of imidazole rings is 1. The molecule has 3 aromatic rings. The van der Waals surface area contributed by atoms with Gasteiger partial charge in [0, 0.05) is 12.1 Å². The smallest absolute Gasteiger partial charge is 0.277 e. The normalized spacial score (nSPS) is 11.9. The second kappa shape index (κ2) is 7.82. The van der Waals surface area contributed by atoms with Crippen molar-refractivity contribution in [2.75, 3.05) is 0 Å². The van der Waals surface area contributed by atoms with Crippen molar-refractivity contribution in [3.05, 3.63) is 74.1 Å². The molecule has 10 heteroatoms. The van der Waals surface area contributed by atoms with Gasteiger partial charge in [0.1, 0.15) is 5.82 Å². The molecule has 0 fully saturated rings. The standard InChI is InChI=1S/C18H17N5O5/c1-2-5-16(17-19-14-6-3-4-7-15(14)20-17)21-18(24)11-8-12(22(25)26)10-13(9-11)23(27)28/h3-4,6-10,16H,2,5H2,1H3,(H,19,20)(H,21,24)/t16-/m0/s1. The van der Waals surface area contributed by atoms with Crippen LogP contribution in [0.1, 0.15) is 42.0 Å². The fraction of sp³-hybridized carbons (Fsp3) is 0.222. The van der Waals surface area contributed by atoms with Crippen LogP contribution in [0.3, 0.4) is 0 Å². The molecule has 0 aliphatic carbocycles. The van der Waals surface area contributed by atoms with Gasteiger partial charge in [-0.2, -0.15) is 0 Å². The molecule has 0 bridgehead atoms. The lowest BCUT2D eigenvalue weighted by molar-refractivity contribution is -0.394. The van der Waals surface area contributed by atoms with Crippen molar-refractivity contribution < 1.29 is 14.6 Å². The van der Waals surface area contributed by atoms with Gasteiger partial charge in [-0.3, -0.25) is 25.0 Å². The highest BCUT2D eigenvalue weighted by atomic mass is 16.6. The molecule has 10 nitrogen and oxygen atoms in total. The van der Waals surface area contributed by atoms with Crippen molar-refractivity contribution in [2.24, 2.45) is 0 Å². The minimum Gasteiger partial charge on any atom is -0.342 e. The number of carbonyl (C=O) groups is 1. The molecule has 0 aliphatic rings. The molecule has 1 heterocycles. The molecule has 2 aromatic carbocycles. The number of amides is 1. The van der Waals surface area contributed by atoms with E-state index in [0.717, 1.165) is 35.7 Å². The summed E-state index contributed by atoms with van der Waals surface area (Å²) in [6.07, 6.45) is 1.32. The summed E-state index contributed by atoms with van der Waals surface area (Å²) in [4.78, 5) is 40.8. The Morgan fingerprint density at radius 3 is 2.36 bits per heavy atom. The fourth-order valence-electron chi connectivity index (χ4n) is 2.88. The topological polar surface area (TPSA) is 144 Å². The Bertz CT molecular complexity index is 996. The number of nitro groups is 2. The first-order chi connectivity index (χ1) is 13.4. The second-order valence-corrected chi connectivity index (χ2v) is 6.21. The van der Waals surface area contributed by atoms with Crippen molar-refractivity contribution in [2.45, 2.75) is 25.8 Å². The third-order valence-corrected chi connectivity index (χ3v) is 4.21. The molecule has 144 valence electrons. The quantitative estimate of drug-likeness (QED) is 0.470. The first-order valence-electron chi connectivity index (χ1n) is 8.58. The Morgan fingerprint density at radius 1 is 1.14 bits per heavy atom. The Balaban J connectivity index is 1.92. The molecule has 0 saturated carbocycles. The summed E-state index contributed by atoms with van der Waals surface area (Å²) < 4.78 is 0. The highest BCUT2D eigenvalue weighted by molar-refractivity contribution is 5.95. The number of rotatable bonds is 7. The van der Waals surface area contributed by atoms with Crippen LogP contribution in [-0.2, 0) is 0 Å². The van der Waals surface area contributed by atoms with Crippen LogP contribution in [0.15, 0.2) is 42.5 Å². The predicted molar refractivity (Wildman–Crippen MR) is 101 cm³/mol. The van der Waals surface area contributed by atoms with Crippen LogP contribution < -0.4 is 5.32 Å². The number of fused-ring (bicyclic) bond motifs is 1. The summed E-state index contributed by atoms with van der Waals surface area (Å²) >= 11 is 0. The van der Waals surface area contributed by atoms with Crippen molar-refractivity contribution in [1.82, 2.24) is 15.3 Å². The second-order valence-electron chi connectivity index (χ2n) is 6.21. The van der Waals surface area contributed by atoms with Crippen LogP contribution in [0.2, 0.25) is 0 Å². The van der Waals surface area contributed by atoms with E-state index in [2.05, 4.69) is 15.3 Å². The molecule has 0 unspecified atom stereocenters. The molecule has 0 aliphatic heterocycles. The van der Waals surface area contributed by atoms with E-state index in [0.29, 0.717) is 12.2 Å². The molecule has 0 saturated heterocycles. The number of nitrogens with one attached hydrogen (secondary N) is 2. The number of aromatic amines is 1. The van der Waals surface area contributed by atoms with E-state index in [1.54, 1.807) is 0 Å². The number of carbonyl (C=O) groups excluding carboxylic acids is 1. The van der Waals surface area contributed by atoms with Gasteiger partial charge < -0.3 is 10.3 Å². The molecule has 0 radical (unpaired) electrons. The third kappa shape index (κ3) is 3.95. The lowest BCUT2D eigenvalue weighted by Crippen LogP contribution is -2.29. The maximum absolute atomic E-state index is 12.7. The Kier molecular flexibility index (Phi) is 5.30. The van der Waals surface area contributed by atoms with Crippen molar-refractivity contribution in [3.63, 3.8) is 0 Å². The molecule has 2 N–H and O–H groups in total. The first-order valence-corrected chi connectivity index (χ1v) is 8.58. The number of nitrogens with zero attached hydrogens (tertiary/aromatic N) is 3. The Morgan fingerprint density at radius 2 is 1.79 bits per heavy atom. The molecular weight excluding hydrogens is 366 g/mol. The van der Waals surface area contributed by atoms with Gasteiger partial charge in [-0.05, 0) is 18.6 Å². The molecule has 1 amide bonds. The predicted octanol–water partition coefficient (Wildman–Crippen LogP) is 3.65. The van der Waals surface area contributed by atoms with Crippen LogP contribution in [0.5, 0.6) is 0 Å². The fourth-order valence-corrected chi connectivity index (χ4v) is 2.88. The van der Waals surface area contributed by atoms with Crippen LogP contribution in [0.4, 0.5) is 11.4 Å². The van der Waals surface area contributed by atoms with Gasteiger partial charge >= 0.3 is 0 Å². The van der Waals surface area contributed by atoms with Crippen molar-refractivity contribution >= 4 is 28.3 Å². The van der Waals surface area contributed by atoms with E-state index < -0.39 is 33.2 Å².